The van der Waals surface area contributed by atoms with Crippen LogP contribution in [-0.4, -0.2) is 5.48 Å². The monoisotopic (exact) mass is 149 g/mol. The zero-order chi connectivity index (χ0) is 6.83. The van der Waals surface area contributed by atoms with Gasteiger partial charge in [-0.3, -0.25) is 0 Å². The summed E-state index contributed by atoms with van der Waals surface area (Å²) in [6.45, 7) is 8.96. The molecule has 0 amide bonds. The summed E-state index contributed by atoms with van der Waals surface area (Å²) in [6.07, 6.45) is 5.54. The van der Waals surface area contributed by atoms with Crippen LogP contribution < -0.4 is 6.15 Å². The molecule has 0 saturated carbocycles. The van der Waals surface area contributed by atoms with Crippen molar-refractivity contribution in [3.63, 3.8) is 0 Å². The van der Waals surface area contributed by atoms with Crippen molar-refractivity contribution in [2.75, 3.05) is 0 Å². The number of rotatable bonds is 3. The molecule has 5 N–H and O–H groups in total. The van der Waals surface area contributed by atoms with Gasteiger partial charge in [-0.2, -0.15) is 0 Å². The summed E-state index contributed by atoms with van der Waals surface area (Å²) in [5.74, 6) is 0. The Morgan fingerprint density at radius 3 is 1.30 bits per heavy atom. The normalized spacial score (nSPS) is 5.60. The molecule has 0 spiro atoms. The van der Waals surface area contributed by atoms with E-state index in [1.54, 1.807) is 0 Å². The third-order valence-corrected chi connectivity index (χ3v) is 0.957. The predicted molar refractivity (Wildman–Crippen MR) is 42.4 cm³/mol. The zero-order valence-electron chi connectivity index (χ0n) is 6.94. The Morgan fingerprint density at radius 2 is 1.20 bits per heavy atom. The van der Waals surface area contributed by atoms with Gasteiger partial charge in [0, 0.05) is 0 Å². The molecule has 0 aromatic carbocycles. The molecule has 0 rings (SSSR count). The topological polar surface area (TPSA) is 86.4 Å². The molecule has 3 heteroatoms. The molecular weight excluding hydrogens is 130 g/mol. The van der Waals surface area contributed by atoms with Crippen LogP contribution in [0.15, 0.2) is 0 Å². The first-order valence-corrected chi connectivity index (χ1v) is 3.12. The maximum absolute atomic E-state index is 7.50. The quantitative estimate of drug-likeness (QED) is 0.370. The minimum absolute atomic E-state index is 0. The Kier molecular flexibility index (Phi) is 85.8. The van der Waals surface area contributed by atoms with Crippen LogP contribution >= 0.6 is 0 Å². The molecule has 64 valence electrons. The molecule has 0 heterocycles. The van der Waals surface area contributed by atoms with Crippen molar-refractivity contribution < 1.29 is 10.1 Å². The van der Waals surface area contributed by atoms with Crippen LogP contribution in [-0.2, 0) is 4.65 Å². The molecule has 0 aliphatic heterocycles. The molecule has 10 heavy (non-hydrogen) atoms. The zero-order valence-corrected chi connectivity index (χ0v) is 6.94. The van der Waals surface area contributed by atoms with Gasteiger partial charge in [0.1, 0.15) is 0 Å². The van der Waals surface area contributed by atoms with E-state index in [1.807, 2.05) is 0 Å². The molecule has 0 aromatic heterocycles. The Labute approximate surface area is 63.4 Å². The van der Waals surface area contributed by atoms with Gasteiger partial charge < -0.3 is 11.6 Å². The van der Waals surface area contributed by atoms with E-state index < -0.39 is 0 Å². The van der Waals surface area contributed by atoms with Crippen LogP contribution in [0.25, 0.3) is 0 Å². The second-order valence-electron chi connectivity index (χ2n) is 1.71. The van der Waals surface area contributed by atoms with Gasteiger partial charge in [-0.05, 0) is 0 Å². The van der Waals surface area contributed by atoms with E-state index in [4.69, 9.17) is 4.65 Å². The van der Waals surface area contributed by atoms with Gasteiger partial charge in [0.2, 0.25) is 0 Å². The van der Waals surface area contributed by atoms with Crippen molar-refractivity contribution >= 4 is 0 Å². The minimum atomic E-state index is 0. The molecule has 0 radical (unpaired) electrons. The van der Waals surface area contributed by atoms with Crippen LogP contribution in [0.1, 0.15) is 39.5 Å². The molecular formula is C7H19NO2. The standard InChI is InChI=1S/C6H14.CO.H3N.H2O/c1-3-5-6-4-2;1-2;;/h3-6H2,1-2H3;;1H3;1H2. The van der Waals surface area contributed by atoms with Crippen molar-refractivity contribution in [1.29, 1.82) is 0 Å². The SMILES string of the molecule is CCCCCC.N.O.[C-]#[O+]. The van der Waals surface area contributed by atoms with Crippen LogP contribution in [0.5, 0.6) is 0 Å². The Hall–Kier alpha value is -0.340. The van der Waals surface area contributed by atoms with E-state index in [1.165, 1.54) is 25.7 Å². The molecule has 0 aromatic rings. The van der Waals surface area contributed by atoms with Crippen LogP contribution in [0.4, 0.5) is 0 Å². The van der Waals surface area contributed by atoms with E-state index in [-0.39, 0.29) is 11.6 Å². The van der Waals surface area contributed by atoms with E-state index in [9.17, 15) is 0 Å². The molecule has 0 unspecified atom stereocenters. The fraction of sp³-hybridized carbons (Fsp3) is 0.857. The second kappa shape index (κ2) is 37.9. The number of unbranched alkanes of at least 4 members (excludes halogenated alkanes) is 3. The van der Waals surface area contributed by atoms with E-state index in [0.717, 1.165) is 0 Å². The fourth-order valence-electron chi connectivity index (χ4n) is 0.500. The summed E-state index contributed by atoms with van der Waals surface area (Å²) in [4.78, 5) is 0. The summed E-state index contributed by atoms with van der Waals surface area (Å²) >= 11 is 0. The van der Waals surface area contributed by atoms with Crippen molar-refractivity contribution in [3.05, 3.63) is 6.65 Å². The average Bonchev–Trinajstić information content (AvgIpc) is 1.88. The van der Waals surface area contributed by atoms with Crippen LogP contribution in [0.2, 0.25) is 0 Å². The molecule has 0 saturated heterocycles. The van der Waals surface area contributed by atoms with Gasteiger partial charge in [-0.25, -0.2) is 0 Å². The van der Waals surface area contributed by atoms with Crippen molar-refractivity contribution in [2.45, 2.75) is 39.5 Å². The fourth-order valence-corrected chi connectivity index (χ4v) is 0.500. The third-order valence-electron chi connectivity index (χ3n) is 0.957. The first kappa shape index (κ1) is 22.6. The van der Waals surface area contributed by atoms with Gasteiger partial charge in [-0.1, -0.05) is 39.5 Å². The first-order valence-electron chi connectivity index (χ1n) is 3.12. The van der Waals surface area contributed by atoms with E-state index >= 15 is 0 Å². The number of hydrogen-bond donors (Lipinski definition) is 1. The molecule has 0 bridgehead atoms. The van der Waals surface area contributed by atoms with Crippen molar-refractivity contribution in [2.24, 2.45) is 0 Å². The van der Waals surface area contributed by atoms with E-state index in [2.05, 4.69) is 20.5 Å². The average molecular weight is 149 g/mol. The van der Waals surface area contributed by atoms with Crippen molar-refractivity contribution in [1.82, 2.24) is 6.15 Å². The summed E-state index contributed by atoms with van der Waals surface area (Å²) in [5, 5.41) is 0. The predicted octanol–water partition coefficient (Wildman–Crippen LogP) is 1.89. The second-order valence-corrected chi connectivity index (χ2v) is 1.71. The summed E-state index contributed by atoms with van der Waals surface area (Å²) in [6, 6.07) is 0. The van der Waals surface area contributed by atoms with E-state index in [0.29, 0.717) is 0 Å². The Morgan fingerprint density at radius 1 is 1.00 bits per heavy atom. The first-order chi connectivity index (χ1) is 3.91. The molecule has 0 aliphatic carbocycles. The third kappa shape index (κ3) is 48.0. The summed E-state index contributed by atoms with van der Waals surface area (Å²) in [7, 11) is 0. The van der Waals surface area contributed by atoms with Gasteiger partial charge in [0.05, 0.1) is 0 Å². The summed E-state index contributed by atoms with van der Waals surface area (Å²) < 4.78 is 7.50. The Bertz CT molecular complexity index is 42.1. The van der Waals surface area contributed by atoms with Crippen molar-refractivity contribution in [3.8, 4) is 0 Å². The molecule has 3 nitrogen and oxygen atoms in total. The van der Waals surface area contributed by atoms with Gasteiger partial charge in [0.25, 0.3) is 0 Å². The van der Waals surface area contributed by atoms with Crippen LogP contribution in [0, 0.1) is 6.65 Å². The summed E-state index contributed by atoms with van der Waals surface area (Å²) in [5.41, 5.74) is 0. The van der Waals surface area contributed by atoms with Gasteiger partial charge in [0.15, 0.2) is 0 Å². The Balaban J connectivity index is -0.0000000412. The molecule has 0 atom stereocenters. The van der Waals surface area contributed by atoms with Crippen LogP contribution in [0.3, 0.4) is 0 Å². The van der Waals surface area contributed by atoms with Gasteiger partial charge >= 0.3 is 11.3 Å². The number of hydrogen-bond acceptors (Lipinski definition) is 1. The van der Waals surface area contributed by atoms with Gasteiger partial charge in [-0.15, -0.1) is 0 Å². The molecule has 0 aliphatic rings. The molecule has 0 fully saturated rings. The maximum atomic E-state index is 7.50.